The number of aromatic amines is 1. The number of sulfonamides is 1. The molecule has 14 heteroatoms. The van der Waals surface area contributed by atoms with Gasteiger partial charge in [0, 0.05) is 12.1 Å². The number of halogens is 6. The van der Waals surface area contributed by atoms with Crippen LogP contribution in [0.5, 0.6) is 0 Å². The number of H-pyrrole nitrogens is 1. The lowest BCUT2D eigenvalue weighted by atomic mass is 10.1. The van der Waals surface area contributed by atoms with E-state index in [1.165, 1.54) is 22.7 Å². The summed E-state index contributed by atoms with van der Waals surface area (Å²) in [4.78, 5) is 0.532. The summed E-state index contributed by atoms with van der Waals surface area (Å²) in [5.74, 6) is 0. The summed E-state index contributed by atoms with van der Waals surface area (Å²) in [6.45, 7) is -0.282. The number of aromatic nitrogens is 2. The third-order valence-corrected chi connectivity index (χ3v) is 8.13. The maximum absolute atomic E-state index is 13.1. The van der Waals surface area contributed by atoms with Crippen molar-refractivity contribution in [2.75, 3.05) is 6.54 Å². The van der Waals surface area contributed by atoms with Crippen LogP contribution in [0.1, 0.15) is 16.7 Å². The van der Waals surface area contributed by atoms with E-state index in [-0.39, 0.29) is 31.2 Å². The van der Waals surface area contributed by atoms with Crippen molar-refractivity contribution in [1.29, 1.82) is 0 Å². The second kappa shape index (κ2) is 9.41. The summed E-state index contributed by atoms with van der Waals surface area (Å²) in [5.41, 5.74) is -1.51. The van der Waals surface area contributed by atoms with Gasteiger partial charge in [0.2, 0.25) is 10.0 Å². The minimum atomic E-state index is -5.16. The minimum absolute atomic E-state index is 0.0846. The Morgan fingerprint density at radius 1 is 0.886 bits per heavy atom. The highest BCUT2D eigenvalue weighted by Gasteiger charge is 2.38. The first-order chi connectivity index (χ1) is 16.4. The second-order valence-electron chi connectivity index (χ2n) is 7.27. The SMILES string of the molecule is O=S(=O)(NCCc1c(-c2cccs2)n[nH]c1-c1cccs1)c1cc(C(F)(F)F)cc(C(F)(F)F)c1. The molecule has 0 aliphatic rings. The summed E-state index contributed by atoms with van der Waals surface area (Å²) in [6, 6.07) is 7.56. The first kappa shape index (κ1) is 25.4. The van der Waals surface area contributed by atoms with Gasteiger partial charge in [-0.05, 0) is 47.5 Å². The molecule has 5 nitrogen and oxygen atoms in total. The van der Waals surface area contributed by atoms with E-state index in [0.29, 0.717) is 17.0 Å². The predicted octanol–water partition coefficient (Wildman–Crippen LogP) is 6.43. The molecule has 3 aromatic heterocycles. The van der Waals surface area contributed by atoms with Crippen LogP contribution in [-0.2, 0) is 28.8 Å². The number of thiophene rings is 2. The molecule has 0 bridgehead atoms. The number of hydrogen-bond acceptors (Lipinski definition) is 5. The minimum Gasteiger partial charge on any atom is -0.276 e. The number of alkyl halides is 6. The van der Waals surface area contributed by atoms with Crippen LogP contribution in [-0.4, -0.2) is 25.2 Å². The zero-order valence-corrected chi connectivity index (χ0v) is 19.8. The Balaban J connectivity index is 1.62. The molecule has 0 unspecified atom stereocenters. The molecule has 0 saturated carbocycles. The Morgan fingerprint density at radius 2 is 1.46 bits per heavy atom. The van der Waals surface area contributed by atoms with Crippen molar-refractivity contribution in [3.63, 3.8) is 0 Å². The zero-order valence-electron chi connectivity index (χ0n) is 17.4. The summed E-state index contributed by atoms with van der Waals surface area (Å²) in [6.07, 6.45) is -10.2. The van der Waals surface area contributed by atoms with Gasteiger partial charge in [0.05, 0.1) is 31.5 Å². The molecule has 0 saturated heterocycles. The van der Waals surface area contributed by atoms with Gasteiger partial charge in [0.25, 0.3) is 0 Å². The number of hydrogen-bond donors (Lipinski definition) is 2. The van der Waals surface area contributed by atoms with Gasteiger partial charge in [0.15, 0.2) is 0 Å². The Hall–Kier alpha value is -2.68. The molecule has 186 valence electrons. The Labute approximate surface area is 203 Å². The number of nitrogens with one attached hydrogen (secondary N) is 2. The monoisotopic (exact) mass is 551 g/mol. The number of benzene rings is 1. The highest BCUT2D eigenvalue weighted by Crippen LogP contribution is 2.38. The van der Waals surface area contributed by atoms with Gasteiger partial charge in [-0.25, -0.2) is 13.1 Å². The lowest BCUT2D eigenvalue weighted by Gasteiger charge is -2.15. The molecule has 4 rings (SSSR count). The Morgan fingerprint density at radius 3 is 1.97 bits per heavy atom. The van der Waals surface area contributed by atoms with E-state index in [4.69, 9.17) is 0 Å². The Kier molecular flexibility index (Phi) is 6.83. The fourth-order valence-corrected chi connectivity index (χ4v) is 5.92. The van der Waals surface area contributed by atoms with E-state index in [1.807, 2.05) is 35.0 Å². The molecule has 3 heterocycles. The van der Waals surface area contributed by atoms with Crippen molar-refractivity contribution < 1.29 is 34.8 Å². The van der Waals surface area contributed by atoms with Crippen LogP contribution < -0.4 is 4.72 Å². The molecule has 4 aromatic rings. The fraction of sp³-hybridized carbons (Fsp3) is 0.190. The van der Waals surface area contributed by atoms with Gasteiger partial charge in [-0.3, -0.25) is 5.10 Å². The Bertz CT molecular complexity index is 1320. The third kappa shape index (κ3) is 5.60. The maximum Gasteiger partial charge on any atom is 0.416 e. The molecule has 0 aliphatic carbocycles. The van der Waals surface area contributed by atoms with E-state index < -0.39 is 38.4 Å². The van der Waals surface area contributed by atoms with Crippen molar-refractivity contribution in [3.8, 4) is 21.1 Å². The fourth-order valence-electron chi connectivity index (χ4n) is 3.33. The van der Waals surface area contributed by atoms with Crippen LogP contribution in [0.25, 0.3) is 21.1 Å². The topological polar surface area (TPSA) is 74.8 Å². The molecule has 2 N–H and O–H groups in total. The van der Waals surface area contributed by atoms with Crippen LogP contribution in [0.15, 0.2) is 58.1 Å². The molecule has 0 atom stereocenters. The standard InChI is InChI=1S/C21H15F6N3O2S3/c22-20(23,24)12-9-13(21(25,26)27)11-14(10-12)35(31,32)28-6-5-15-18(16-3-1-7-33-16)29-30-19(15)17-4-2-8-34-17/h1-4,7-11,28H,5-6H2,(H,29,30). The number of rotatable bonds is 7. The van der Waals surface area contributed by atoms with Crippen molar-refractivity contribution in [2.45, 2.75) is 23.7 Å². The maximum atomic E-state index is 13.1. The summed E-state index contributed by atoms with van der Waals surface area (Å²) >= 11 is 2.84. The lowest BCUT2D eigenvalue weighted by Crippen LogP contribution is -2.27. The van der Waals surface area contributed by atoms with Crippen LogP contribution in [0.3, 0.4) is 0 Å². The molecule has 35 heavy (non-hydrogen) atoms. The largest absolute Gasteiger partial charge is 0.416 e. The highest BCUT2D eigenvalue weighted by molar-refractivity contribution is 7.89. The van der Waals surface area contributed by atoms with E-state index in [0.717, 1.165) is 9.75 Å². The molecule has 0 spiro atoms. The summed E-state index contributed by atoms with van der Waals surface area (Å²) in [5, 5.41) is 10.9. The first-order valence-corrected chi connectivity index (χ1v) is 13.0. The van der Waals surface area contributed by atoms with E-state index >= 15 is 0 Å². The van der Waals surface area contributed by atoms with Gasteiger partial charge in [-0.1, -0.05) is 12.1 Å². The molecule has 0 amide bonds. The van der Waals surface area contributed by atoms with Crippen molar-refractivity contribution in [1.82, 2.24) is 14.9 Å². The smallest absolute Gasteiger partial charge is 0.276 e. The third-order valence-electron chi connectivity index (χ3n) is 4.93. The van der Waals surface area contributed by atoms with Gasteiger partial charge in [-0.2, -0.15) is 31.4 Å². The average Bonchev–Trinajstić information content (AvgIpc) is 3.53. The van der Waals surface area contributed by atoms with E-state index in [1.54, 1.807) is 0 Å². The van der Waals surface area contributed by atoms with Crippen molar-refractivity contribution in [2.24, 2.45) is 0 Å². The number of nitrogens with zero attached hydrogens (tertiary/aromatic N) is 1. The summed E-state index contributed by atoms with van der Waals surface area (Å²) in [7, 11) is -4.69. The zero-order chi connectivity index (χ0) is 25.4. The van der Waals surface area contributed by atoms with Gasteiger partial charge < -0.3 is 0 Å². The molecule has 0 radical (unpaired) electrons. The van der Waals surface area contributed by atoms with Gasteiger partial charge in [0.1, 0.15) is 5.69 Å². The van der Waals surface area contributed by atoms with E-state index in [9.17, 15) is 34.8 Å². The normalized spacial score (nSPS) is 12.9. The second-order valence-corrected chi connectivity index (χ2v) is 10.9. The highest BCUT2D eigenvalue weighted by atomic mass is 32.2. The average molecular weight is 552 g/mol. The molecular weight excluding hydrogens is 536 g/mol. The van der Waals surface area contributed by atoms with Crippen LogP contribution in [0.4, 0.5) is 26.3 Å². The van der Waals surface area contributed by atoms with Crippen LogP contribution in [0.2, 0.25) is 0 Å². The van der Waals surface area contributed by atoms with Crippen molar-refractivity contribution in [3.05, 3.63) is 69.9 Å². The van der Waals surface area contributed by atoms with Crippen LogP contribution >= 0.6 is 22.7 Å². The first-order valence-electron chi connectivity index (χ1n) is 9.80. The van der Waals surface area contributed by atoms with Gasteiger partial charge >= 0.3 is 12.4 Å². The van der Waals surface area contributed by atoms with E-state index in [2.05, 4.69) is 14.9 Å². The summed E-state index contributed by atoms with van der Waals surface area (Å²) < 4.78 is 106. The molecule has 1 aromatic carbocycles. The molecular formula is C21H15F6N3O2S3. The van der Waals surface area contributed by atoms with Crippen molar-refractivity contribution >= 4 is 32.7 Å². The predicted molar refractivity (Wildman–Crippen MR) is 121 cm³/mol. The lowest BCUT2D eigenvalue weighted by molar-refractivity contribution is -0.143. The van der Waals surface area contributed by atoms with Crippen LogP contribution in [0, 0.1) is 0 Å². The van der Waals surface area contributed by atoms with Gasteiger partial charge in [-0.15, -0.1) is 22.7 Å². The molecule has 0 aliphatic heterocycles. The quantitative estimate of drug-likeness (QED) is 0.260. The molecule has 0 fully saturated rings.